The molecular weight excluding hydrogens is 324 g/mol. The highest BCUT2D eigenvalue weighted by Crippen LogP contribution is 2.22. The molecule has 0 heterocycles. The molecule has 0 aliphatic carbocycles. The molecule has 0 spiro atoms. The van der Waals surface area contributed by atoms with E-state index >= 15 is 0 Å². The van der Waals surface area contributed by atoms with Gasteiger partial charge in [0, 0.05) is 13.1 Å². The molecule has 1 amide bonds. The quantitative estimate of drug-likeness (QED) is 0.797. The number of ether oxygens (including phenoxy) is 1. The molecule has 0 saturated carbocycles. The molecule has 0 radical (unpaired) electrons. The molecule has 0 aromatic heterocycles. The molecule has 0 aliphatic heterocycles. The summed E-state index contributed by atoms with van der Waals surface area (Å²) in [5.41, 5.74) is 1.09. The Morgan fingerprint density at radius 1 is 1.17 bits per heavy atom. The first-order valence-electron chi connectivity index (χ1n) is 7.97. The number of nitrogens with zero attached hydrogens (tertiary/aromatic N) is 1. The van der Waals surface area contributed by atoms with Crippen molar-refractivity contribution in [1.82, 2.24) is 10.2 Å². The van der Waals surface area contributed by atoms with Crippen LogP contribution in [-0.2, 0) is 11.3 Å². The predicted octanol–water partition coefficient (Wildman–Crippen LogP) is 3.36. The number of hydrogen-bond acceptors (Lipinski definition) is 3. The van der Waals surface area contributed by atoms with E-state index in [0.29, 0.717) is 30.5 Å². The number of nitrogens with one attached hydrogen (secondary N) is 1. The van der Waals surface area contributed by atoms with Crippen LogP contribution in [0.1, 0.15) is 12.5 Å². The molecule has 2 aromatic rings. The number of carbonyl (C=O) groups excluding carboxylic acids is 1. The zero-order valence-corrected chi connectivity index (χ0v) is 14.8. The normalized spacial score (nSPS) is 12.0. The molecule has 0 saturated heterocycles. The van der Waals surface area contributed by atoms with Crippen LogP contribution in [0.15, 0.2) is 54.6 Å². The van der Waals surface area contributed by atoms with Gasteiger partial charge in [-0.15, -0.1) is 0 Å². The second-order valence-electron chi connectivity index (χ2n) is 5.64. The second kappa shape index (κ2) is 9.30. The van der Waals surface area contributed by atoms with Gasteiger partial charge in [-0.1, -0.05) is 54.1 Å². The summed E-state index contributed by atoms with van der Waals surface area (Å²) < 4.78 is 5.66. The number of amides is 1. The van der Waals surface area contributed by atoms with Crippen molar-refractivity contribution in [1.29, 1.82) is 0 Å². The molecule has 1 atom stereocenters. The average molecular weight is 347 g/mol. The molecule has 4 nitrogen and oxygen atoms in total. The summed E-state index contributed by atoms with van der Waals surface area (Å²) in [5.74, 6) is 0.660. The number of likely N-dealkylation sites (N-methyl/N-ethyl adjacent to an activating group) is 1. The minimum atomic E-state index is -0.233. The Labute approximate surface area is 148 Å². The zero-order valence-electron chi connectivity index (χ0n) is 14.0. The first-order chi connectivity index (χ1) is 11.6. The molecule has 0 bridgehead atoms. The second-order valence-corrected chi connectivity index (χ2v) is 6.05. The van der Waals surface area contributed by atoms with Crippen molar-refractivity contribution in [2.24, 2.45) is 0 Å². The molecule has 5 heteroatoms. The van der Waals surface area contributed by atoms with Gasteiger partial charge in [0.05, 0.1) is 11.1 Å². The minimum absolute atomic E-state index is 0.000837. The zero-order chi connectivity index (χ0) is 17.4. The monoisotopic (exact) mass is 346 g/mol. The largest absolute Gasteiger partial charge is 0.491 e. The maximum Gasteiger partial charge on any atom is 0.237 e. The van der Waals surface area contributed by atoms with E-state index in [2.05, 4.69) is 5.32 Å². The van der Waals surface area contributed by atoms with E-state index in [9.17, 15) is 4.79 Å². The Morgan fingerprint density at radius 3 is 2.54 bits per heavy atom. The van der Waals surface area contributed by atoms with Crippen molar-refractivity contribution in [2.75, 3.05) is 20.2 Å². The Bertz CT molecular complexity index is 649. The van der Waals surface area contributed by atoms with E-state index in [4.69, 9.17) is 16.3 Å². The van der Waals surface area contributed by atoms with Crippen LogP contribution in [0.2, 0.25) is 5.02 Å². The molecule has 1 unspecified atom stereocenters. The molecule has 1 N–H and O–H groups in total. The van der Waals surface area contributed by atoms with Crippen molar-refractivity contribution in [3.8, 4) is 5.75 Å². The van der Waals surface area contributed by atoms with Gasteiger partial charge < -0.3 is 10.1 Å². The topological polar surface area (TPSA) is 41.6 Å². The Morgan fingerprint density at radius 2 is 1.83 bits per heavy atom. The van der Waals surface area contributed by atoms with Gasteiger partial charge in [-0.3, -0.25) is 9.69 Å². The summed E-state index contributed by atoms with van der Waals surface area (Å²) in [6.07, 6.45) is 0. The molecule has 128 valence electrons. The Balaban J connectivity index is 1.73. The highest BCUT2D eigenvalue weighted by Gasteiger charge is 2.17. The van der Waals surface area contributed by atoms with Gasteiger partial charge in [0.1, 0.15) is 12.4 Å². The van der Waals surface area contributed by atoms with Gasteiger partial charge in [0.15, 0.2) is 0 Å². The van der Waals surface area contributed by atoms with E-state index in [0.717, 1.165) is 5.56 Å². The first-order valence-corrected chi connectivity index (χ1v) is 8.35. The fourth-order valence-corrected chi connectivity index (χ4v) is 2.38. The summed E-state index contributed by atoms with van der Waals surface area (Å²) in [6.45, 7) is 3.52. The third-order valence-electron chi connectivity index (χ3n) is 3.89. The number of halogens is 1. The Kier molecular flexibility index (Phi) is 7.09. The lowest BCUT2D eigenvalue weighted by atomic mass is 10.2. The van der Waals surface area contributed by atoms with Crippen molar-refractivity contribution in [3.05, 3.63) is 65.2 Å². The van der Waals surface area contributed by atoms with E-state index in [1.165, 1.54) is 0 Å². The third kappa shape index (κ3) is 5.55. The predicted molar refractivity (Wildman–Crippen MR) is 97.3 cm³/mol. The SMILES string of the molecule is CC(C(=O)NCc1ccccc1)N(C)CCOc1ccccc1Cl. The van der Waals surface area contributed by atoms with Gasteiger partial charge in [-0.05, 0) is 31.7 Å². The number of carbonyl (C=O) groups is 1. The molecule has 0 fully saturated rings. The van der Waals surface area contributed by atoms with Gasteiger partial charge >= 0.3 is 0 Å². The summed E-state index contributed by atoms with van der Waals surface area (Å²) in [4.78, 5) is 14.2. The highest BCUT2D eigenvalue weighted by atomic mass is 35.5. The van der Waals surface area contributed by atoms with E-state index in [1.807, 2.05) is 67.4 Å². The maximum atomic E-state index is 12.2. The fraction of sp³-hybridized carbons (Fsp3) is 0.316. The van der Waals surface area contributed by atoms with E-state index < -0.39 is 0 Å². The third-order valence-corrected chi connectivity index (χ3v) is 4.20. The standard InChI is InChI=1S/C19H23ClN2O2/c1-15(19(23)21-14-16-8-4-3-5-9-16)22(2)12-13-24-18-11-7-6-10-17(18)20/h3-11,15H,12-14H2,1-2H3,(H,21,23). The molecule has 2 rings (SSSR count). The number of para-hydroxylation sites is 1. The lowest BCUT2D eigenvalue weighted by Gasteiger charge is -2.24. The van der Waals surface area contributed by atoms with Crippen molar-refractivity contribution >= 4 is 17.5 Å². The van der Waals surface area contributed by atoms with E-state index in [1.54, 1.807) is 6.07 Å². The van der Waals surface area contributed by atoms with Crippen molar-refractivity contribution in [3.63, 3.8) is 0 Å². The summed E-state index contributed by atoms with van der Waals surface area (Å²) in [6, 6.07) is 17.0. The lowest BCUT2D eigenvalue weighted by molar-refractivity contribution is -0.125. The summed E-state index contributed by atoms with van der Waals surface area (Å²) in [7, 11) is 1.91. The van der Waals surface area contributed by atoms with Crippen LogP contribution >= 0.6 is 11.6 Å². The van der Waals surface area contributed by atoms with E-state index in [-0.39, 0.29) is 11.9 Å². The summed E-state index contributed by atoms with van der Waals surface area (Å²) >= 11 is 6.05. The minimum Gasteiger partial charge on any atom is -0.491 e. The fourth-order valence-electron chi connectivity index (χ4n) is 2.19. The van der Waals surface area contributed by atoms with Gasteiger partial charge in [0.25, 0.3) is 0 Å². The first kappa shape index (κ1) is 18.3. The van der Waals surface area contributed by atoms with Crippen LogP contribution in [0.4, 0.5) is 0 Å². The van der Waals surface area contributed by atoms with Gasteiger partial charge in [0.2, 0.25) is 5.91 Å². The number of rotatable bonds is 8. The smallest absolute Gasteiger partial charge is 0.237 e. The molecule has 2 aromatic carbocycles. The van der Waals surface area contributed by atoms with Crippen LogP contribution < -0.4 is 10.1 Å². The van der Waals surface area contributed by atoms with Gasteiger partial charge in [-0.2, -0.15) is 0 Å². The maximum absolute atomic E-state index is 12.2. The molecule has 0 aliphatic rings. The van der Waals surface area contributed by atoms with Gasteiger partial charge in [-0.25, -0.2) is 0 Å². The Hall–Kier alpha value is -2.04. The summed E-state index contributed by atoms with van der Waals surface area (Å²) in [5, 5.41) is 3.55. The molecule has 24 heavy (non-hydrogen) atoms. The van der Waals surface area contributed by atoms with Crippen LogP contribution in [0.3, 0.4) is 0 Å². The number of benzene rings is 2. The average Bonchev–Trinajstić information content (AvgIpc) is 2.61. The van der Waals surface area contributed by atoms with Crippen LogP contribution in [0, 0.1) is 0 Å². The van der Waals surface area contributed by atoms with Crippen LogP contribution in [-0.4, -0.2) is 37.0 Å². The lowest BCUT2D eigenvalue weighted by Crippen LogP contribution is -2.44. The van der Waals surface area contributed by atoms with Crippen molar-refractivity contribution < 1.29 is 9.53 Å². The highest BCUT2D eigenvalue weighted by molar-refractivity contribution is 6.32. The van der Waals surface area contributed by atoms with Crippen molar-refractivity contribution in [2.45, 2.75) is 19.5 Å². The number of hydrogen-bond donors (Lipinski definition) is 1. The van der Waals surface area contributed by atoms with Crippen LogP contribution in [0.25, 0.3) is 0 Å². The van der Waals surface area contributed by atoms with Crippen LogP contribution in [0.5, 0.6) is 5.75 Å². The molecular formula is C19H23ClN2O2.